The first-order valence-corrected chi connectivity index (χ1v) is 11.4. The highest BCUT2D eigenvalue weighted by Gasteiger charge is 2.21. The first kappa shape index (κ1) is 22.3. The molecule has 3 aromatic heterocycles. The van der Waals surface area contributed by atoms with Crippen molar-refractivity contribution in [3.8, 4) is 11.3 Å². The summed E-state index contributed by atoms with van der Waals surface area (Å²) < 4.78 is 42.8. The lowest BCUT2D eigenvalue weighted by Crippen LogP contribution is -2.26. The van der Waals surface area contributed by atoms with E-state index in [1.54, 1.807) is 6.92 Å². The smallest absolute Gasteiger partial charge is 0.279 e. The van der Waals surface area contributed by atoms with Gasteiger partial charge in [-0.3, -0.25) is 14.1 Å². The minimum absolute atomic E-state index is 0.0233. The molecule has 0 amide bonds. The van der Waals surface area contributed by atoms with Crippen LogP contribution in [0.1, 0.15) is 25.6 Å². The molecule has 0 spiro atoms. The molecule has 0 fully saturated rings. The van der Waals surface area contributed by atoms with Crippen LogP contribution in [0.15, 0.2) is 52.3 Å². The van der Waals surface area contributed by atoms with Gasteiger partial charge in [-0.25, -0.2) is 27.8 Å². The molecule has 0 radical (unpaired) electrons. The standard InChI is InChI=1S/C21H20FN7O3S/c1-11(2)29-19-15(10-24-21(23)27-19)26-18(20(29)30)13-8-9-17(25-12(13)3)28-33(31,32)16-7-5-4-6-14(16)22/h4-11H,1-3H3,(H,25,28)(H2,23,24,27). The van der Waals surface area contributed by atoms with Crippen LogP contribution in [0.5, 0.6) is 0 Å². The van der Waals surface area contributed by atoms with E-state index in [0.29, 0.717) is 22.4 Å². The van der Waals surface area contributed by atoms with Gasteiger partial charge in [0, 0.05) is 17.3 Å². The fraction of sp³-hybridized carbons (Fsp3) is 0.190. The van der Waals surface area contributed by atoms with Crippen LogP contribution >= 0.6 is 0 Å². The Bertz CT molecular complexity index is 1550. The molecule has 10 nitrogen and oxygen atoms in total. The van der Waals surface area contributed by atoms with Crippen LogP contribution in [0.2, 0.25) is 0 Å². The monoisotopic (exact) mass is 469 g/mol. The third-order valence-electron chi connectivity index (χ3n) is 4.87. The molecule has 0 aliphatic carbocycles. The van der Waals surface area contributed by atoms with Crippen LogP contribution in [-0.4, -0.2) is 32.9 Å². The molecule has 33 heavy (non-hydrogen) atoms. The number of rotatable bonds is 5. The molecule has 3 heterocycles. The van der Waals surface area contributed by atoms with Crippen molar-refractivity contribution in [2.24, 2.45) is 0 Å². The molecular weight excluding hydrogens is 449 g/mol. The lowest BCUT2D eigenvalue weighted by molar-refractivity contribution is 0.570. The van der Waals surface area contributed by atoms with Crippen LogP contribution in [0, 0.1) is 12.7 Å². The van der Waals surface area contributed by atoms with Gasteiger partial charge in [-0.05, 0) is 45.0 Å². The zero-order valence-corrected chi connectivity index (χ0v) is 18.8. The van der Waals surface area contributed by atoms with Crippen molar-refractivity contribution >= 4 is 33.0 Å². The summed E-state index contributed by atoms with van der Waals surface area (Å²) in [5.74, 6) is -0.883. The van der Waals surface area contributed by atoms with Crippen molar-refractivity contribution in [1.29, 1.82) is 0 Å². The van der Waals surface area contributed by atoms with Crippen LogP contribution in [0.25, 0.3) is 22.4 Å². The number of halogens is 1. The van der Waals surface area contributed by atoms with E-state index in [-0.39, 0.29) is 23.5 Å². The molecule has 0 aliphatic heterocycles. The van der Waals surface area contributed by atoms with Crippen molar-refractivity contribution in [3.63, 3.8) is 0 Å². The Morgan fingerprint density at radius 2 is 1.82 bits per heavy atom. The van der Waals surface area contributed by atoms with Crippen LogP contribution < -0.4 is 16.0 Å². The Kier molecular flexibility index (Phi) is 5.54. The normalized spacial score (nSPS) is 11.8. The minimum atomic E-state index is -4.19. The van der Waals surface area contributed by atoms with Gasteiger partial charge in [-0.2, -0.15) is 4.98 Å². The molecule has 12 heteroatoms. The number of anilines is 2. The fourth-order valence-corrected chi connectivity index (χ4v) is 4.47. The Balaban J connectivity index is 1.79. The molecule has 0 aliphatic rings. The molecule has 3 N–H and O–H groups in total. The van der Waals surface area contributed by atoms with Gasteiger partial charge in [0.1, 0.15) is 27.7 Å². The third kappa shape index (κ3) is 4.12. The van der Waals surface area contributed by atoms with Crippen molar-refractivity contribution in [1.82, 2.24) is 24.5 Å². The van der Waals surface area contributed by atoms with E-state index in [4.69, 9.17) is 5.73 Å². The maximum atomic E-state index is 13.9. The Morgan fingerprint density at radius 1 is 1.09 bits per heavy atom. The minimum Gasteiger partial charge on any atom is -0.368 e. The van der Waals surface area contributed by atoms with E-state index in [1.165, 1.54) is 35.0 Å². The molecule has 0 bridgehead atoms. The van der Waals surface area contributed by atoms with E-state index >= 15 is 0 Å². The summed E-state index contributed by atoms with van der Waals surface area (Å²) in [7, 11) is -4.19. The Morgan fingerprint density at radius 3 is 2.48 bits per heavy atom. The number of aromatic nitrogens is 5. The van der Waals surface area contributed by atoms with Gasteiger partial charge in [-0.15, -0.1) is 0 Å². The molecule has 170 valence electrons. The van der Waals surface area contributed by atoms with E-state index in [0.717, 1.165) is 12.1 Å². The number of nitrogens with zero attached hydrogens (tertiary/aromatic N) is 5. The zero-order chi connectivity index (χ0) is 23.9. The fourth-order valence-electron chi connectivity index (χ4n) is 3.39. The van der Waals surface area contributed by atoms with Gasteiger partial charge >= 0.3 is 0 Å². The number of benzene rings is 1. The first-order valence-electron chi connectivity index (χ1n) is 9.88. The quantitative estimate of drug-likeness (QED) is 0.454. The molecule has 1 aromatic carbocycles. The lowest BCUT2D eigenvalue weighted by Gasteiger charge is -2.15. The van der Waals surface area contributed by atoms with Gasteiger partial charge in [0.2, 0.25) is 5.95 Å². The summed E-state index contributed by atoms with van der Waals surface area (Å²) in [5, 5.41) is 0. The maximum absolute atomic E-state index is 13.9. The summed E-state index contributed by atoms with van der Waals surface area (Å²) in [6, 6.07) is 7.69. The Hall–Kier alpha value is -3.93. The first-order chi connectivity index (χ1) is 15.6. The van der Waals surface area contributed by atoms with Crippen LogP contribution in [0.3, 0.4) is 0 Å². The number of nitrogen functional groups attached to an aromatic ring is 1. The molecular formula is C21H20FN7O3S. The Labute approximate surface area is 188 Å². The van der Waals surface area contributed by atoms with E-state index in [2.05, 4.69) is 24.7 Å². The van der Waals surface area contributed by atoms with Gasteiger partial charge in [0.05, 0.1) is 6.20 Å². The molecule has 0 atom stereocenters. The van der Waals surface area contributed by atoms with E-state index < -0.39 is 26.3 Å². The second-order valence-corrected chi connectivity index (χ2v) is 9.18. The number of pyridine rings is 1. The number of nitrogens with one attached hydrogen (secondary N) is 1. The van der Waals surface area contributed by atoms with Gasteiger partial charge in [0.15, 0.2) is 5.65 Å². The third-order valence-corrected chi connectivity index (χ3v) is 6.26. The predicted octanol–water partition coefficient (Wildman–Crippen LogP) is 2.66. The molecule has 0 saturated carbocycles. The largest absolute Gasteiger partial charge is 0.368 e. The van der Waals surface area contributed by atoms with Gasteiger partial charge < -0.3 is 5.73 Å². The summed E-state index contributed by atoms with van der Waals surface area (Å²) in [6.45, 7) is 5.27. The highest BCUT2D eigenvalue weighted by Crippen LogP contribution is 2.24. The van der Waals surface area contributed by atoms with Crippen LogP contribution in [-0.2, 0) is 10.0 Å². The predicted molar refractivity (Wildman–Crippen MR) is 122 cm³/mol. The molecule has 4 aromatic rings. The lowest BCUT2D eigenvalue weighted by atomic mass is 10.1. The number of aryl methyl sites for hydroxylation is 1. The number of sulfonamides is 1. The zero-order valence-electron chi connectivity index (χ0n) is 17.9. The highest BCUT2D eigenvalue weighted by molar-refractivity contribution is 7.92. The second kappa shape index (κ2) is 8.20. The van der Waals surface area contributed by atoms with E-state index in [9.17, 15) is 17.6 Å². The summed E-state index contributed by atoms with van der Waals surface area (Å²) >= 11 is 0. The topological polar surface area (TPSA) is 146 Å². The number of nitrogens with two attached hydrogens (primary N) is 1. The van der Waals surface area contributed by atoms with Crippen molar-refractivity contribution < 1.29 is 12.8 Å². The summed E-state index contributed by atoms with van der Waals surface area (Å²) in [5.41, 5.74) is 6.82. The van der Waals surface area contributed by atoms with Gasteiger partial charge in [-0.1, -0.05) is 12.1 Å². The van der Waals surface area contributed by atoms with Crippen molar-refractivity contribution in [2.75, 3.05) is 10.5 Å². The highest BCUT2D eigenvalue weighted by atomic mass is 32.2. The van der Waals surface area contributed by atoms with Crippen molar-refractivity contribution in [2.45, 2.75) is 31.7 Å². The molecule has 0 unspecified atom stereocenters. The number of hydrogen-bond acceptors (Lipinski definition) is 8. The average molecular weight is 470 g/mol. The molecule has 0 saturated heterocycles. The maximum Gasteiger partial charge on any atom is 0.279 e. The van der Waals surface area contributed by atoms with Crippen LogP contribution in [0.4, 0.5) is 16.2 Å². The number of hydrogen-bond donors (Lipinski definition) is 2. The SMILES string of the molecule is Cc1nc(NS(=O)(=O)c2ccccc2F)ccc1-c1nc2cnc(N)nc2n(C(C)C)c1=O. The summed E-state index contributed by atoms with van der Waals surface area (Å²) in [4.78, 5) is 29.5. The van der Waals surface area contributed by atoms with Crippen molar-refractivity contribution in [3.05, 3.63) is 64.5 Å². The van der Waals surface area contributed by atoms with Gasteiger partial charge in [0.25, 0.3) is 15.6 Å². The second-order valence-electron chi connectivity index (χ2n) is 7.53. The molecule has 4 rings (SSSR count). The average Bonchev–Trinajstić information content (AvgIpc) is 2.73. The van der Waals surface area contributed by atoms with E-state index in [1.807, 2.05) is 13.8 Å². The summed E-state index contributed by atoms with van der Waals surface area (Å²) in [6.07, 6.45) is 1.43. The number of fused-ring (bicyclic) bond motifs is 1.